The van der Waals surface area contributed by atoms with E-state index in [0.717, 1.165) is 16.4 Å². The number of thiazole rings is 1. The molecular formula is C17H18N4OS2. The molecule has 7 heteroatoms. The molecular weight excluding hydrogens is 340 g/mol. The first-order chi connectivity index (χ1) is 11.5. The third-order valence-corrected chi connectivity index (χ3v) is 5.44. The second-order valence-corrected chi connectivity index (χ2v) is 7.64. The van der Waals surface area contributed by atoms with Crippen molar-refractivity contribution in [2.24, 2.45) is 7.05 Å². The number of aromatic nitrogens is 3. The largest absolute Gasteiger partial charge is 0.329 e. The lowest BCUT2D eigenvalue weighted by Crippen LogP contribution is -2.22. The summed E-state index contributed by atoms with van der Waals surface area (Å²) in [7, 11) is 1.91. The molecule has 0 radical (unpaired) electrons. The molecule has 124 valence electrons. The Hall–Kier alpha value is -2.12. The van der Waals surface area contributed by atoms with Crippen LogP contribution in [0.4, 0.5) is 5.13 Å². The minimum absolute atomic E-state index is 0.0761. The van der Waals surface area contributed by atoms with Crippen LogP contribution in [0.25, 0.3) is 11.3 Å². The number of rotatable bonds is 5. The Labute approximate surface area is 149 Å². The van der Waals surface area contributed by atoms with E-state index in [1.54, 1.807) is 6.20 Å². The molecule has 0 fully saturated rings. The van der Waals surface area contributed by atoms with Crippen molar-refractivity contribution in [1.29, 1.82) is 0 Å². The zero-order valence-electron chi connectivity index (χ0n) is 13.7. The number of carbonyl (C=O) groups is 1. The van der Waals surface area contributed by atoms with Crippen molar-refractivity contribution < 1.29 is 4.79 Å². The van der Waals surface area contributed by atoms with Crippen LogP contribution in [0.1, 0.15) is 12.5 Å². The number of hydrogen-bond donors (Lipinski definition) is 1. The maximum Gasteiger partial charge on any atom is 0.239 e. The smallest absolute Gasteiger partial charge is 0.239 e. The van der Waals surface area contributed by atoms with Crippen molar-refractivity contribution in [2.75, 3.05) is 5.32 Å². The minimum Gasteiger partial charge on any atom is -0.329 e. The quantitative estimate of drug-likeness (QED) is 0.701. The van der Waals surface area contributed by atoms with E-state index in [0.29, 0.717) is 5.13 Å². The summed E-state index contributed by atoms with van der Waals surface area (Å²) in [5.74, 6) is -0.0761. The monoisotopic (exact) mass is 358 g/mol. The summed E-state index contributed by atoms with van der Waals surface area (Å²) in [5.41, 5.74) is 3.13. The fourth-order valence-electron chi connectivity index (χ4n) is 2.07. The van der Waals surface area contributed by atoms with Crippen molar-refractivity contribution in [2.45, 2.75) is 24.3 Å². The Kier molecular flexibility index (Phi) is 5.01. The van der Waals surface area contributed by atoms with E-state index >= 15 is 0 Å². The van der Waals surface area contributed by atoms with Crippen LogP contribution >= 0.6 is 23.1 Å². The number of carbonyl (C=O) groups excluding carboxylic acids is 1. The first-order valence-corrected chi connectivity index (χ1v) is 9.26. The highest BCUT2D eigenvalue weighted by Gasteiger charge is 2.18. The first kappa shape index (κ1) is 16.7. The van der Waals surface area contributed by atoms with Gasteiger partial charge in [0, 0.05) is 30.4 Å². The van der Waals surface area contributed by atoms with E-state index < -0.39 is 0 Å². The first-order valence-electron chi connectivity index (χ1n) is 7.50. The third-order valence-electron chi connectivity index (χ3n) is 3.51. The highest BCUT2D eigenvalue weighted by atomic mass is 32.2. The number of hydrogen-bond acceptors (Lipinski definition) is 5. The van der Waals surface area contributed by atoms with Gasteiger partial charge in [-0.3, -0.25) is 4.79 Å². The maximum absolute atomic E-state index is 12.3. The summed E-state index contributed by atoms with van der Waals surface area (Å²) < 4.78 is 1.90. The number of nitrogens with zero attached hydrogens (tertiary/aromatic N) is 3. The van der Waals surface area contributed by atoms with Crippen LogP contribution in [0.5, 0.6) is 0 Å². The van der Waals surface area contributed by atoms with Crippen LogP contribution in [0.3, 0.4) is 0 Å². The zero-order valence-corrected chi connectivity index (χ0v) is 15.3. The van der Waals surface area contributed by atoms with Gasteiger partial charge in [-0.2, -0.15) is 0 Å². The average Bonchev–Trinajstić information content (AvgIpc) is 3.18. The van der Waals surface area contributed by atoms with Crippen LogP contribution in [0.15, 0.2) is 47.2 Å². The second kappa shape index (κ2) is 7.19. The predicted molar refractivity (Wildman–Crippen MR) is 99.4 cm³/mol. The predicted octanol–water partition coefficient (Wildman–Crippen LogP) is 3.97. The number of thioether (sulfide) groups is 1. The molecule has 3 aromatic rings. The van der Waals surface area contributed by atoms with Gasteiger partial charge in [0.2, 0.25) is 5.91 Å². The van der Waals surface area contributed by atoms with Gasteiger partial charge in [-0.1, -0.05) is 41.6 Å². The standard InChI is InChI=1S/C17H18N4OS2/c1-11-4-6-13(7-5-11)14-10-23-16(19-14)20-15(22)12(2)24-17-18-8-9-21(17)3/h4-10,12H,1-3H3,(H,19,20,22). The van der Waals surface area contributed by atoms with Crippen molar-refractivity contribution in [1.82, 2.24) is 14.5 Å². The SMILES string of the molecule is Cc1ccc(-c2csc(NC(=O)C(C)Sc3nccn3C)n2)cc1. The Morgan fingerprint density at radius 1 is 1.33 bits per heavy atom. The van der Waals surface area contributed by atoms with Gasteiger partial charge in [0.15, 0.2) is 10.3 Å². The Morgan fingerprint density at radius 3 is 2.75 bits per heavy atom. The maximum atomic E-state index is 12.3. The Balaban J connectivity index is 1.64. The van der Waals surface area contributed by atoms with Crippen LogP contribution in [0.2, 0.25) is 0 Å². The van der Waals surface area contributed by atoms with Crippen LogP contribution in [-0.2, 0) is 11.8 Å². The molecule has 0 saturated heterocycles. The molecule has 2 heterocycles. The van der Waals surface area contributed by atoms with E-state index in [4.69, 9.17) is 0 Å². The third kappa shape index (κ3) is 3.85. The summed E-state index contributed by atoms with van der Waals surface area (Å²) in [6.07, 6.45) is 3.59. The van der Waals surface area contributed by atoms with Crippen molar-refractivity contribution in [3.8, 4) is 11.3 Å². The highest BCUT2D eigenvalue weighted by Crippen LogP contribution is 2.27. The fourth-order valence-corrected chi connectivity index (χ4v) is 3.63. The molecule has 1 unspecified atom stereocenters. The average molecular weight is 358 g/mol. The van der Waals surface area contributed by atoms with E-state index in [9.17, 15) is 4.79 Å². The van der Waals surface area contributed by atoms with E-state index in [1.165, 1.54) is 28.7 Å². The number of amides is 1. The molecule has 1 atom stereocenters. The molecule has 0 spiro atoms. The van der Waals surface area contributed by atoms with E-state index in [-0.39, 0.29) is 11.2 Å². The molecule has 0 aliphatic carbocycles. The number of aryl methyl sites for hydroxylation is 2. The van der Waals surface area contributed by atoms with Crippen LogP contribution in [0, 0.1) is 6.92 Å². The van der Waals surface area contributed by atoms with Gasteiger partial charge < -0.3 is 9.88 Å². The molecule has 0 bridgehead atoms. The van der Waals surface area contributed by atoms with Gasteiger partial charge in [0.1, 0.15) is 0 Å². The van der Waals surface area contributed by atoms with Crippen molar-refractivity contribution >= 4 is 34.1 Å². The topological polar surface area (TPSA) is 59.8 Å². The molecule has 2 aromatic heterocycles. The van der Waals surface area contributed by atoms with Gasteiger partial charge in [-0.05, 0) is 13.8 Å². The molecule has 0 aliphatic rings. The van der Waals surface area contributed by atoms with Gasteiger partial charge in [0.25, 0.3) is 0 Å². The minimum atomic E-state index is -0.252. The summed E-state index contributed by atoms with van der Waals surface area (Å²) in [6.45, 7) is 3.92. The molecule has 0 aliphatic heterocycles. The van der Waals surface area contributed by atoms with Gasteiger partial charge in [-0.15, -0.1) is 11.3 Å². The van der Waals surface area contributed by atoms with Crippen molar-refractivity contribution in [3.63, 3.8) is 0 Å². The van der Waals surface area contributed by atoms with Gasteiger partial charge in [-0.25, -0.2) is 9.97 Å². The van der Waals surface area contributed by atoms with E-state index in [2.05, 4.69) is 34.3 Å². The highest BCUT2D eigenvalue weighted by molar-refractivity contribution is 8.00. The number of nitrogens with one attached hydrogen (secondary N) is 1. The zero-order chi connectivity index (χ0) is 17.1. The lowest BCUT2D eigenvalue weighted by atomic mass is 10.1. The second-order valence-electron chi connectivity index (χ2n) is 5.47. The lowest BCUT2D eigenvalue weighted by Gasteiger charge is -2.09. The Bertz CT molecular complexity index is 838. The molecule has 24 heavy (non-hydrogen) atoms. The molecule has 1 amide bonds. The summed E-state index contributed by atoms with van der Waals surface area (Å²) in [6, 6.07) is 8.18. The fraction of sp³-hybridized carbons (Fsp3) is 0.235. The number of anilines is 1. The van der Waals surface area contributed by atoms with E-state index in [1.807, 2.05) is 42.2 Å². The number of imidazole rings is 1. The van der Waals surface area contributed by atoms with Gasteiger partial charge >= 0.3 is 0 Å². The molecule has 5 nitrogen and oxygen atoms in total. The normalized spacial score (nSPS) is 12.1. The summed E-state index contributed by atoms with van der Waals surface area (Å²) in [5, 5.41) is 6.02. The lowest BCUT2D eigenvalue weighted by molar-refractivity contribution is -0.115. The molecule has 3 rings (SSSR count). The molecule has 1 N–H and O–H groups in total. The van der Waals surface area contributed by atoms with Gasteiger partial charge in [0.05, 0.1) is 10.9 Å². The Morgan fingerprint density at radius 2 is 2.08 bits per heavy atom. The molecule has 1 aromatic carbocycles. The summed E-state index contributed by atoms with van der Waals surface area (Å²) in [4.78, 5) is 21.1. The van der Waals surface area contributed by atoms with Crippen molar-refractivity contribution in [3.05, 3.63) is 47.6 Å². The molecule has 0 saturated carbocycles. The number of benzene rings is 1. The van der Waals surface area contributed by atoms with Crippen LogP contribution in [-0.4, -0.2) is 25.7 Å². The van der Waals surface area contributed by atoms with Crippen LogP contribution < -0.4 is 5.32 Å². The summed E-state index contributed by atoms with van der Waals surface area (Å²) >= 11 is 2.86.